The minimum Gasteiger partial charge on any atom is -0.375 e. The fourth-order valence-electron chi connectivity index (χ4n) is 3.60. The van der Waals surface area contributed by atoms with Gasteiger partial charge in [0, 0.05) is 25.4 Å². The average molecular weight is 275 g/mol. The minimum atomic E-state index is 0.176. The third-order valence-corrected chi connectivity index (χ3v) is 4.66. The van der Waals surface area contributed by atoms with E-state index in [1.165, 1.54) is 32.1 Å². The number of aryl methyl sites for hydroxylation is 1. The third kappa shape index (κ3) is 3.36. The molecule has 0 amide bonds. The number of nitrogens with zero attached hydrogens (tertiary/aromatic N) is 2. The molecule has 1 spiro atoms. The van der Waals surface area contributed by atoms with E-state index in [1.807, 2.05) is 19.2 Å². The van der Waals surface area contributed by atoms with Crippen LogP contribution in [0.15, 0.2) is 12.3 Å². The zero-order valence-electron chi connectivity index (χ0n) is 12.4. The van der Waals surface area contributed by atoms with Gasteiger partial charge in [-0.25, -0.2) is 9.97 Å². The topological polar surface area (TPSA) is 47.0 Å². The Kier molecular flexibility index (Phi) is 4.32. The summed E-state index contributed by atoms with van der Waals surface area (Å²) in [5, 5.41) is 3.67. The van der Waals surface area contributed by atoms with E-state index in [2.05, 4.69) is 15.3 Å². The fourth-order valence-corrected chi connectivity index (χ4v) is 3.60. The lowest BCUT2D eigenvalue weighted by Gasteiger charge is -2.43. The maximum Gasteiger partial charge on any atom is 0.125 e. The second kappa shape index (κ2) is 6.19. The smallest absolute Gasteiger partial charge is 0.125 e. The summed E-state index contributed by atoms with van der Waals surface area (Å²) >= 11 is 0. The van der Waals surface area contributed by atoms with Gasteiger partial charge in [-0.05, 0) is 38.7 Å². The Balaban J connectivity index is 1.55. The highest BCUT2D eigenvalue weighted by molar-refractivity contribution is 5.02. The van der Waals surface area contributed by atoms with Crippen molar-refractivity contribution in [1.82, 2.24) is 15.3 Å². The van der Waals surface area contributed by atoms with E-state index in [0.717, 1.165) is 37.5 Å². The molecule has 1 saturated heterocycles. The van der Waals surface area contributed by atoms with Crippen molar-refractivity contribution in [3.63, 3.8) is 0 Å². The molecular formula is C16H25N3O. The minimum absolute atomic E-state index is 0.176. The molecule has 0 bridgehead atoms. The van der Waals surface area contributed by atoms with Crippen LogP contribution >= 0.6 is 0 Å². The molecule has 3 rings (SSSR count). The molecule has 0 aromatic carbocycles. The zero-order chi connectivity index (χ0) is 13.8. The van der Waals surface area contributed by atoms with Crippen LogP contribution in [0.5, 0.6) is 0 Å². The highest BCUT2D eigenvalue weighted by atomic mass is 16.5. The van der Waals surface area contributed by atoms with Crippen molar-refractivity contribution in [2.75, 3.05) is 6.61 Å². The lowest BCUT2D eigenvalue weighted by molar-refractivity contribution is -0.109. The van der Waals surface area contributed by atoms with Crippen molar-refractivity contribution in [1.29, 1.82) is 0 Å². The standard InChI is InChI=1S/C16H25N3O/c1-13-17-9-5-15(19-13)12-18-14-6-10-20-16(11-14)7-3-2-4-8-16/h5,9,14,18H,2-4,6-8,10-12H2,1H3. The molecular weight excluding hydrogens is 250 g/mol. The number of aromatic nitrogens is 2. The lowest BCUT2D eigenvalue weighted by Crippen LogP contribution is -2.47. The molecule has 4 nitrogen and oxygen atoms in total. The number of rotatable bonds is 3. The second-order valence-electron chi connectivity index (χ2n) is 6.26. The molecule has 1 N–H and O–H groups in total. The van der Waals surface area contributed by atoms with Crippen molar-refractivity contribution in [3.8, 4) is 0 Å². The predicted octanol–water partition coefficient (Wildman–Crippen LogP) is 2.76. The first-order valence-corrected chi connectivity index (χ1v) is 7.92. The van der Waals surface area contributed by atoms with E-state index >= 15 is 0 Å². The number of ether oxygens (including phenoxy) is 1. The first-order chi connectivity index (χ1) is 9.76. The monoisotopic (exact) mass is 275 g/mol. The maximum absolute atomic E-state index is 6.14. The Hall–Kier alpha value is -1.00. The van der Waals surface area contributed by atoms with E-state index in [4.69, 9.17) is 4.74 Å². The lowest BCUT2D eigenvalue weighted by atomic mass is 9.78. The van der Waals surface area contributed by atoms with Crippen LogP contribution in [-0.4, -0.2) is 28.2 Å². The molecule has 4 heteroatoms. The number of hydrogen-bond donors (Lipinski definition) is 1. The molecule has 1 aliphatic carbocycles. The SMILES string of the molecule is Cc1nccc(CNC2CCOC3(CCCCC3)C2)n1. The van der Waals surface area contributed by atoms with Gasteiger partial charge in [-0.3, -0.25) is 0 Å². The van der Waals surface area contributed by atoms with Gasteiger partial charge in [0.2, 0.25) is 0 Å². The Labute approximate surface area is 121 Å². The fraction of sp³-hybridized carbons (Fsp3) is 0.750. The van der Waals surface area contributed by atoms with Crippen molar-refractivity contribution in [2.24, 2.45) is 0 Å². The van der Waals surface area contributed by atoms with Gasteiger partial charge in [-0.15, -0.1) is 0 Å². The number of nitrogens with one attached hydrogen (secondary N) is 1. The molecule has 2 fully saturated rings. The normalized spacial score (nSPS) is 25.8. The van der Waals surface area contributed by atoms with Crippen molar-refractivity contribution in [2.45, 2.75) is 70.1 Å². The van der Waals surface area contributed by atoms with Gasteiger partial charge in [-0.1, -0.05) is 19.3 Å². The van der Waals surface area contributed by atoms with Gasteiger partial charge in [0.15, 0.2) is 0 Å². The predicted molar refractivity (Wildman–Crippen MR) is 78.4 cm³/mol. The van der Waals surface area contributed by atoms with Crippen LogP contribution in [0.1, 0.15) is 56.5 Å². The van der Waals surface area contributed by atoms with E-state index in [9.17, 15) is 0 Å². The number of hydrogen-bond acceptors (Lipinski definition) is 4. The molecule has 1 aromatic rings. The summed E-state index contributed by atoms with van der Waals surface area (Å²) in [4.78, 5) is 8.60. The van der Waals surface area contributed by atoms with E-state index in [0.29, 0.717) is 6.04 Å². The largest absolute Gasteiger partial charge is 0.375 e. The molecule has 20 heavy (non-hydrogen) atoms. The van der Waals surface area contributed by atoms with Gasteiger partial charge in [0.25, 0.3) is 0 Å². The van der Waals surface area contributed by atoms with Crippen molar-refractivity contribution < 1.29 is 4.74 Å². The van der Waals surface area contributed by atoms with E-state index < -0.39 is 0 Å². The van der Waals surface area contributed by atoms with Crippen LogP contribution in [0.2, 0.25) is 0 Å². The van der Waals surface area contributed by atoms with Gasteiger partial charge in [0.05, 0.1) is 11.3 Å². The Morgan fingerprint density at radius 2 is 2.20 bits per heavy atom. The second-order valence-corrected chi connectivity index (χ2v) is 6.26. The highest BCUT2D eigenvalue weighted by Gasteiger charge is 2.38. The van der Waals surface area contributed by atoms with Crippen LogP contribution < -0.4 is 5.32 Å². The summed E-state index contributed by atoms with van der Waals surface area (Å²) in [6.07, 6.45) is 10.7. The summed E-state index contributed by atoms with van der Waals surface area (Å²) in [5.41, 5.74) is 1.26. The molecule has 1 aliphatic heterocycles. The quantitative estimate of drug-likeness (QED) is 0.921. The molecule has 1 aromatic heterocycles. The molecule has 1 atom stereocenters. The summed E-state index contributed by atoms with van der Waals surface area (Å²) in [5.74, 6) is 0.847. The van der Waals surface area contributed by atoms with Crippen LogP contribution in [0, 0.1) is 6.92 Å². The third-order valence-electron chi connectivity index (χ3n) is 4.66. The average Bonchev–Trinajstić information content (AvgIpc) is 2.46. The summed E-state index contributed by atoms with van der Waals surface area (Å²) < 4.78 is 6.14. The Morgan fingerprint density at radius 3 is 3.00 bits per heavy atom. The maximum atomic E-state index is 6.14. The van der Waals surface area contributed by atoms with Crippen LogP contribution in [0.4, 0.5) is 0 Å². The Bertz CT molecular complexity index is 438. The first kappa shape index (κ1) is 14.0. The summed E-state index contributed by atoms with van der Waals surface area (Å²) in [6.45, 7) is 3.68. The molecule has 1 unspecified atom stereocenters. The molecule has 0 radical (unpaired) electrons. The van der Waals surface area contributed by atoms with Crippen molar-refractivity contribution in [3.05, 3.63) is 23.8 Å². The zero-order valence-corrected chi connectivity index (χ0v) is 12.4. The molecule has 2 aliphatic rings. The Morgan fingerprint density at radius 1 is 1.35 bits per heavy atom. The summed E-state index contributed by atoms with van der Waals surface area (Å²) in [6, 6.07) is 2.56. The van der Waals surface area contributed by atoms with Crippen LogP contribution in [0.3, 0.4) is 0 Å². The van der Waals surface area contributed by atoms with E-state index in [1.54, 1.807) is 0 Å². The van der Waals surface area contributed by atoms with Crippen LogP contribution in [0.25, 0.3) is 0 Å². The van der Waals surface area contributed by atoms with Gasteiger partial charge < -0.3 is 10.1 Å². The molecule has 1 saturated carbocycles. The summed E-state index contributed by atoms with van der Waals surface area (Å²) in [7, 11) is 0. The van der Waals surface area contributed by atoms with Gasteiger partial charge in [0.1, 0.15) is 5.82 Å². The van der Waals surface area contributed by atoms with Gasteiger partial charge >= 0.3 is 0 Å². The van der Waals surface area contributed by atoms with Crippen molar-refractivity contribution >= 4 is 0 Å². The van der Waals surface area contributed by atoms with Gasteiger partial charge in [-0.2, -0.15) is 0 Å². The van der Waals surface area contributed by atoms with E-state index in [-0.39, 0.29) is 5.60 Å². The highest BCUT2D eigenvalue weighted by Crippen LogP contribution is 2.38. The molecule has 110 valence electrons. The molecule has 2 heterocycles. The van der Waals surface area contributed by atoms with Crippen LogP contribution in [-0.2, 0) is 11.3 Å². The first-order valence-electron chi connectivity index (χ1n) is 7.92.